The minimum Gasteiger partial charge on any atom is -0.361 e. The molecule has 0 saturated carbocycles. The normalized spacial score (nSPS) is 18.2. The Morgan fingerprint density at radius 2 is 1.67 bits per heavy atom. The summed E-state index contributed by atoms with van der Waals surface area (Å²) in [6.45, 7) is 2.32. The first-order chi connectivity index (χ1) is 14.3. The van der Waals surface area contributed by atoms with Gasteiger partial charge in [0.1, 0.15) is 11.4 Å². The molecule has 0 aromatic heterocycles. The fourth-order valence-electron chi connectivity index (χ4n) is 4.21. The van der Waals surface area contributed by atoms with E-state index in [-0.39, 0.29) is 11.6 Å². The van der Waals surface area contributed by atoms with Gasteiger partial charge in [0.05, 0.1) is 6.61 Å². The van der Waals surface area contributed by atoms with Crippen molar-refractivity contribution in [3.63, 3.8) is 0 Å². The van der Waals surface area contributed by atoms with Crippen LogP contribution in [0.2, 0.25) is 0 Å². The Kier molecular flexibility index (Phi) is 7.40. The van der Waals surface area contributed by atoms with Crippen LogP contribution in [0.25, 0.3) is 0 Å². The average Bonchev–Trinajstić information content (AvgIpc) is 3.07. The molecular formula is C25H33FN2O2. The molecule has 5 heteroatoms. The van der Waals surface area contributed by atoms with Gasteiger partial charge >= 0.3 is 0 Å². The van der Waals surface area contributed by atoms with Gasteiger partial charge in [0.25, 0.3) is 0 Å². The largest absolute Gasteiger partial charge is 0.361 e. The van der Waals surface area contributed by atoms with E-state index >= 15 is 0 Å². The van der Waals surface area contributed by atoms with Crippen LogP contribution in [0.4, 0.5) is 4.39 Å². The van der Waals surface area contributed by atoms with Crippen molar-refractivity contribution in [2.75, 3.05) is 41.3 Å². The number of carbonyl (C=O) groups excluding carboxylic acids is 1. The lowest BCUT2D eigenvalue weighted by atomic mass is 9.81. The first-order valence-electron chi connectivity index (χ1n) is 10.7. The van der Waals surface area contributed by atoms with Crippen molar-refractivity contribution in [2.24, 2.45) is 0 Å². The first kappa shape index (κ1) is 22.6. The van der Waals surface area contributed by atoms with Crippen molar-refractivity contribution in [2.45, 2.75) is 37.9 Å². The minimum atomic E-state index is -0.592. The maximum atomic E-state index is 13.6. The van der Waals surface area contributed by atoms with Crippen LogP contribution in [0.5, 0.6) is 0 Å². The lowest BCUT2D eigenvalue weighted by molar-refractivity contribution is -0.0140. The highest BCUT2D eigenvalue weighted by atomic mass is 19.1. The summed E-state index contributed by atoms with van der Waals surface area (Å²) in [5.74, 6) is -0.0781. The molecule has 0 radical (unpaired) electrons. The quantitative estimate of drug-likeness (QED) is 0.539. The summed E-state index contributed by atoms with van der Waals surface area (Å²) >= 11 is 0. The predicted molar refractivity (Wildman–Crippen MR) is 118 cm³/mol. The molecule has 2 aromatic carbocycles. The van der Waals surface area contributed by atoms with Crippen molar-refractivity contribution in [3.05, 3.63) is 70.5 Å². The first-order valence-corrected chi connectivity index (χ1v) is 10.7. The summed E-state index contributed by atoms with van der Waals surface area (Å²) in [6.07, 6.45) is 3.15. The van der Waals surface area contributed by atoms with E-state index in [4.69, 9.17) is 4.74 Å². The average molecular weight is 413 g/mol. The number of rotatable bonds is 10. The second-order valence-electron chi connectivity index (χ2n) is 8.73. The monoisotopic (exact) mass is 412 g/mol. The number of Topliss-reactive ketones (excluding diaryl/α,β-unsaturated/α-hetero) is 1. The number of benzene rings is 2. The lowest BCUT2D eigenvalue weighted by Crippen LogP contribution is -2.28. The molecule has 0 aliphatic carbocycles. The van der Waals surface area contributed by atoms with Gasteiger partial charge < -0.3 is 14.5 Å². The molecule has 1 aliphatic rings. The summed E-state index contributed by atoms with van der Waals surface area (Å²) in [4.78, 5) is 16.9. The molecule has 3 rings (SSSR count). The van der Waals surface area contributed by atoms with Crippen molar-refractivity contribution in [3.8, 4) is 0 Å². The predicted octanol–water partition coefficient (Wildman–Crippen LogP) is 4.47. The number of hydrogen-bond donors (Lipinski definition) is 0. The zero-order chi connectivity index (χ0) is 21.7. The van der Waals surface area contributed by atoms with Gasteiger partial charge in [0.2, 0.25) is 0 Å². The second-order valence-corrected chi connectivity index (χ2v) is 8.73. The molecule has 30 heavy (non-hydrogen) atoms. The Morgan fingerprint density at radius 1 is 1.00 bits per heavy atom. The van der Waals surface area contributed by atoms with Gasteiger partial charge in [-0.3, -0.25) is 4.79 Å². The summed E-state index contributed by atoms with van der Waals surface area (Å²) < 4.78 is 20.0. The van der Waals surface area contributed by atoms with Crippen molar-refractivity contribution < 1.29 is 13.9 Å². The molecule has 0 saturated heterocycles. The maximum Gasteiger partial charge on any atom is 0.162 e. The second kappa shape index (κ2) is 9.82. The highest BCUT2D eigenvalue weighted by Crippen LogP contribution is 2.45. The topological polar surface area (TPSA) is 32.8 Å². The van der Waals surface area contributed by atoms with Gasteiger partial charge in [-0.05, 0) is 95.4 Å². The van der Waals surface area contributed by atoms with E-state index in [9.17, 15) is 9.18 Å². The SMILES string of the molecule is CN(C)CCCC(=O)c1ccc2c(c1)COC2(CCCN(C)C)c1ccc(F)cc1. The van der Waals surface area contributed by atoms with Crippen molar-refractivity contribution in [1.29, 1.82) is 0 Å². The van der Waals surface area contributed by atoms with Crippen LogP contribution in [-0.4, -0.2) is 56.9 Å². The van der Waals surface area contributed by atoms with Crippen LogP contribution in [0.15, 0.2) is 42.5 Å². The Bertz CT molecular complexity index is 864. The van der Waals surface area contributed by atoms with Gasteiger partial charge in [0.15, 0.2) is 5.78 Å². The van der Waals surface area contributed by atoms with Crippen molar-refractivity contribution >= 4 is 5.78 Å². The molecule has 1 aliphatic heterocycles. The van der Waals surface area contributed by atoms with Crippen LogP contribution in [0, 0.1) is 5.82 Å². The van der Waals surface area contributed by atoms with Gasteiger partial charge in [-0.15, -0.1) is 0 Å². The summed E-state index contributed by atoms with van der Waals surface area (Å²) in [5, 5.41) is 0. The number of carbonyl (C=O) groups is 1. The van der Waals surface area contributed by atoms with E-state index in [1.54, 1.807) is 0 Å². The highest BCUT2D eigenvalue weighted by molar-refractivity contribution is 5.96. The fraction of sp³-hybridized carbons (Fsp3) is 0.480. The van der Waals surface area contributed by atoms with Crippen LogP contribution < -0.4 is 0 Å². The third-order valence-electron chi connectivity index (χ3n) is 5.79. The lowest BCUT2D eigenvalue weighted by Gasteiger charge is -2.31. The number of ketones is 1. The maximum absolute atomic E-state index is 13.6. The number of halogens is 1. The van der Waals surface area contributed by atoms with Crippen LogP contribution in [0.1, 0.15) is 52.7 Å². The molecule has 0 N–H and O–H groups in total. The molecule has 0 amide bonds. The molecule has 0 spiro atoms. The van der Waals surface area contributed by atoms with E-state index in [1.165, 1.54) is 12.1 Å². The zero-order valence-electron chi connectivity index (χ0n) is 18.6. The van der Waals surface area contributed by atoms with Crippen LogP contribution >= 0.6 is 0 Å². The molecule has 4 nitrogen and oxygen atoms in total. The van der Waals surface area contributed by atoms with Gasteiger partial charge in [0, 0.05) is 12.0 Å². The number of hydrogen-bond acceptors (Lipinski definition) is 4. The molecule has 0 fully saturated rings. The summed E-state index contributed by atoms with van der Waals surface area (Å²) in [7, 11) is 8.15. The minimum absolute atomic E-state index is 0.173. The third kappa shape index (κ3) is 5.15. The Balaban J connectivity index is 1.87. The fourth-order valence-corrected chi connectivity index (χ4v) is 4.21. The smallest absolute Gasteiger partial charge is 0.162 e. The molecule has 2 aromatic rings. The highest BCUT2D eigenvalue weighted by Gasteiger charge is 2.41. The number of ether oxygens (including phenoxy) is 1. The molecule has 0 bridgehead atoms. The van der Waals surface area contributed by atoms with Gasteiger partial charge in [-0.2, -0.15) is 0 Å². The summed E-state index contributed by atoms with van der Waals surface area (Å²) in [5.41, 5.74) is 3.28. The molecule has 1 unspecified atom stereocenters. The van der Waals surface area contributed by atoms with Crippen LogP contribution in [-0.2, 0) is 16.9 Å². The van der Waals surface area contributed by atoms with E-state index in [0.717, 1.165) is 54.6 Å². The van der Waals surface area contributed by atoms with Gasteiger partial charge in [-0.1, -0.05) is 24.3 Å². The number of nitrogens with zero attached hydrogens (tertiary/aromatic N) is 2. The van der Waals surface area contributed by atoms with Crippen LogP contribution in [0.3, 0.4) is 0 Å². The molecule has 162 valence electrons. The van der Waals surface area contributed by atoms with E-state index in [1.807, 2.05) is 44.4 Å². The Morgan fingerprint density at radius 3 is 2.33 bits per heavy atom. The Labute approximate surface area is 179 Å². The number of fused-ring (bicyclic) bond motifs is 1. The van der Waals surface area contributed by atoms with Crippen molar-refractivity contribution in [1.82, 2.24) is 9.80 Å². The van der Waals surface area contributed by atoms with Gasteiger partial charge in [-0.25, -0.2) is 4.39 Å². The molecule has 1 heterocycles. The summed E-state index contributed by atoms with van der Waals surface area (Å²) in [6, 6.07) is 12.6. The standard InChI is InChI=1S/C25H33FN2O2/c1-27(2)15-5-7-24(29)19-8-13-23-20(17-19)18-30-25(23,14-6-16-28(3)4)21-9-11-22(26)12-10-21/h8-13,17H,5-7,14-16,18H2,1-4H3. The molecular weight excluding hydrogens is 379 g/mol. The zero-order valence-corrected chi connectivity index (χ0v) is 18.6. The van der Waals surface area contributed by atoms with E-state index < -0.39 is 5.60 Å². The van der Waals surface area contributed by atoms with E-state index in [0.29, 0.717) is 13.0 Å². The van der Waals surface area contributed by atoms with E-state index in [2.05, 4.69) is 23.9 Å². The third-order valence-corrected chi connectivity index (χ3v) is 5.79. The Hall–Kier alpha value is -2.08. The molecule has 1 atom stereocenters.